The highest BCUT2D eigenvalue weighted by atomic mass is 16.5. The van der Waals surface area contributed by atoms with Crippen LogP contribution in [-0.4, -0.2) is 49.0 Å². The summed E-state index contributed by atoms with van der Waals surface area (Å²) in [5.74, 6) is 0.880. The van der Waals surface area contributed by atoms with Gasteiger partial charge in [-0.05, 0) is 54.7 Å². The molecule has 0 aliphatic heterocycles. The molecule has 1 aromatic heterocycles. The number of hydrogen-bond donors (Lipinski definition) is 3. The molecule has 39 heavy (non-hydrogen) atoms. The van der Waals surface area contributed by atoms with Crippen molar-refractivity contribution in [1.29, 1.82) is 0 Å². The molecule has 0 bridgehead atoms. The maximum Gasteiger partial charge on any atom is 0.246 e. The average molecular weight is 536 g/mol. The Hall–Kier alpha value is -4.54. The molecule has 0 saturated carbocycles. The van der Waals surface area contributed by atoms with Crippen LogP contribution in [-0.2, 0) is 23.1 Å². The molecule has 0 unspecified atom stereocenters. The number of benzene rings is 1. The van der Waals surface area contributed by atoms with E-state index in [1.807, 2.05) is 6.07 Å². The van der Waals surface area contributed by atoms with Gasteiger partial charge >= 0.3 is 0 Å². The Morgan fingerprint density at radius 1 is 1.10 bits per heavy atom. The lowest BCUT2D eigenvalue weighted by atomic mass is 9.95. The first-order valence-corrected chi connectivity index (χ1v) is 12.5. The standard InChI is InChI=1S/C28H33N5O6/c1-15(28(36)32-18-13-29-33(3)14-18)30-22-10-8-19-20(12-23(22)35)21(31-16(2)34)9-7-17-11-24(37-4)26(38-5)27(39-6)25(17)19/h8,10-15,21H,7,9H2,1-6H3,(H,30,35)(H,31,34)(H,32,36)/t15-,21-/m0/s1. The van der Waals surface area contributed by atoms with Crippen LogP contribution in [0.3, 0.4) is 0 Å². The van der Waals surface area contributed by atoms with Crippen LogP contribution in [0.5, 0.6) is 17.2 Å². The molecule has 4 rings (SSSR count). The normalized spacial score (nSPS) is 14.7. The van der Waals surface area contributed by atoms with Crippen molar-refractivity contribution in [2.45, 2.75) is 38.8 Å². The number of aromatic nitrogens is 2. The maximum atomic E-state index is 13.4. The SMILES string of the molecule is COc1cc2c(c(OC)c1OC)-c1ccc(N[C@@H](C)C(=O)Nc3cnn(C)c3)c(=O)cc1[C@@H](NC(C)=O)CC2. The molecule has 2 amide bonds. The van der Waals surface area contributed by atoms with Gasteiger partial charge in [-0.3, -0.25) is 19.1 Å². The molecule has 0 radical (unpaired) electrons. The van der Waals surface area contributed by atoms with E-state index in [9.17, 15) is 14.4 Å². The molecule has 2 atom stereocenters. The Morgan fingerprint density at radius 3 is 2.46 bits per heavy atom. The van der Waals surface area contributed by atoms with Gasteiger partial charge in [0, 0.05) is 25.7 Å². The van der Waals surface area contributed by atoms with Crippen molar-refractivity contribution in [3.8, 4) is 28.4 Å². The summed E-state index contributed by atoms with van der Waals surface area (Å²) in [7, 11) is 6.39. The number of nitrogens with one attached hydrogen (secondary N) is 3. The van der Waals surface area contributed by atoms with Gasteiger partial charge in [0.15, 0.2) is 11.5 Å². The average Bonchev–Trinajstić information content (AvgIpc) is 3.17. The lowest BCUT2D eigenvalue weighted by Crippen LogP contribution is -2.33. The van der Waals surface area contributed by atoms with E-state index in [0.29, 0.717) is 46.9 Å². The minimum atomic E-state index is -0.725. The molecule has 3 aromatic rings. The predicted octanol–water partition coefficient (Wildman–Crippen LogP) is 3.04. The van der Waals surface area contributed by atoms with E-state index >= 15 is 0 Å². The van der Waals surface area contributed by atoms with E-state index in [-0.39, 0.29) is 22.9 Å². The molecule has 2 aromatic carbocycles. The van der Waals surface area contributed by atoms with E-state index < -0.39 is 12.1 Å². The van der Waals surface area contributed by atoms with E-state index in [0.717, 1.165) is 11.1 Å². The van der Waals surface area contributed by atoms with Crippen LogP contribution in [0.15, 0.2) is 41.5 Å². The van der Waals surface area contributed by atoms with Crippen molar-refractivity contribution in [2.75, 3.05) is 32.0 Å². The first-order valence-electron chi connectivity index (χ1n) is 12.5. The molecule has 1 heterocycles. The van der Waals surface area contributed by atoms with E-state index in [1.54, 1.807) is 57.4 Å². The molecule has 1 aliphatic rings. The van der Waals surface area contributed by atoms with E-state index in [4.69, 9.17) is 14.2 Å². The van der Waals surface area contributed by atoms with Gasteiger partial charge in [-0.1, -0.05) is 6.07 Å². The van der Waals surface area contributed by atoms with Crippen LogP contribution in [0, 0.1) is 0 Å². The Balaban J connectivity index is 1.82. The van der Waals surface area contributed by atoms with Gasteiger partial charge in [0.25, 0.3) is 0 Å². The highest BCUT2D eigenvalue weighted by Crippen LogP contribution is 2.50. The smallest absolute Gasteiger partial charge is 0.246 e. The lowest BCUT2D eigenvalue weighted by molar-refractivity contribution is -0.119. The summed E-state index contributed by atoms with van der Waals surface area (Å²) in [5, 5.41) is 12.8. The Kier molecular flexibility index (Phi) is 8.08. The monoisotopic (exact) mass is 535 g/mol. The number of methoxy groups -OCH3 is 3. The summed E-state index contributed by atoms with van der Waals surface area (Å²) in [4.78, 5) is 38.3. The largest absolute Gasteiger partial charge is 0.493 e. The zero-order valence-electron chi connectivity index (χ0n) is 22.9. The molecule has 0 saturated heterocycles. The van der Waals surface area contributed by atoms with Gasteiger partial charge in [-0.2, -0.15) is 5.10 Å². The molecule has 1 aliphatic carbocycles. The van der Waals surface area contributed by atoms with Crippen LogP contribution in [0.2, 0.25) is 0 Å². The first-order chi connectivity index (χ1) is 18.7. The number of anilines is 2. The Labute approximate surface area is 226 Å². The van der Waals surface area contributed by atoms with Crippen molar-refractivity contribution in [2.24, 2.45) is 7.05 Å². The number of rotatable bonds is 8. The van der Waals surface area contributed by atoms with Gasteiger partial charge in [0.1, 0.15) is 6.04 Å². The molecule has 206 valence electrons. The molecule has 3 N–H and O–H groups in total. The quantitative estimate of drug-likeness (QED) is 0.401. The zero-order chi connectivity index (χ0) is 28.3. The summed E-state index contributed by atoms with van der Waals surface area (Å²) in [6, 6.07) is 5.70. The molecule has 11 heteroatoms. The third-order valence-electron chi connectivity index (χ3n) is 6.65. The minimum Gasteiger partial charge on any atom is -0.493 e. The predicted molar refractivity (Wildman–Crippen MR) is 148 cm³/mol. The number of carbonyl (C=O) groups excluding carboxylic acids is 2. The fourth-order valence-electron chi connectivity index (χ4n) is 4.86. The van der Waals surface area contributed by atoms with Crippen LogP contribution in [0.4, 0.5) is 11.4 Å². The van der Waals surface area contributed by atoms with Crippen molar-refractivity contribution in [3.05, 3.63) is 58.0 Å². The summed E-state index contributed by atoms with van der Waals surface area (Å²) < 4.78 is 18.6. The highest BCUT2D eigenvalue weighted by molar-refractivity contribution is 5.96. The third kappa shape index (κ3) is 5.66. The number of nitrogens with zero attached hydrogens (tertiary/aromatic N) is 2. The van der Waals surface area contributed by atoms with Crippen LogP contribution >= 0.6 is 0 Å². The van der Waals surface area contributed by atoms with E-state index in [1.165, 1.54) is 20.1 Å². The molecular formula is C28H33N5O6. The zero-order valence-corrected chi connectivity index (χ0v) is 22.9. The van der Waals surface area contributed by atoms with Crippen LogP contribution in [0.1, 0.15) is 37.4 Å². The van der Waals surface area contributed by atoms with Crippen molar-refractivity contribution in [3.63, 3.8) is 0 Å². The molecule has 11 nitrogen and oxygen atoms in total. The molecule has 0 fully saturated rings. The summed E-state index contributed by atoms with van der Waals surface area (Å²) >= 11 is 0. The minimum absolute atomic E-state index is 0.211. The number of aryl methyl sites for hydroxylation is 2. The number of ether oxygens (including phenoxy) is 3. The van der Waals surface area contributed by atoms with Gasteiger partial charge in [-0.15, -0.1) is 0 Å². The Bertz CT molecular complexity index is 1470. The first kappa shape index (κ1) is 27.5. The van der Waals surface area contributed by atoms with E-state index in [2.05, 4.69) is 21.0 Å². The fourth-order valence-corrected chi connectivity index (χ4v) is 4.86. The number of carbonyl (C=O) groups is 2. The summed E-state index contributed by atoms with van der Waals surface area (Å²) in [6.45, 7) is 3.11. The second-order valence-corrected chi connectivity index (χ2v) is 9.35. The maximum absolute atomic E-state index is 13.4. The second-order valence-electron chi connectivity index (χ2n) is 9.35. The Morgan fingerprint density at radius 2 is 1.85 bits per heavy atom. The van der Waals surface area contributed by atoms with Gasteiger partial charge < -0.3 is 30.2 Å². The second kappa shape index (κ2) is 11.5. The van der Waals surface area contributed by atoms with Crippen LogP contribution in [0.25, 0.3) is 11.1 Å². The van der Waals surface area contributed by atoms with Crippen molar-refractivity contribution >= 4 is 23.2 Å². The molecular weight excluding hydrogens is 502 g/mol. The number of fused-ring (bicyclic) bond motifs is 3. The van der Waals surface area contributed by atoms with Crippen molar-refractivity contribution in [1.82, 2.24) is 15.1 Å². The lowest BCUT2D eigenvalue weighted by Gasteiger charge is -2.19. The van der Waals surface area contributed by atoms with Gasteiger partial charge in [-0.25, -0.2) is 0 Å². The summed E-state index contributed by atoms with van der Waals surface area (Å²) in [5.41, 5.74) is 3.49. The van der Waals surface area contributed by atoms with Crippen LogP contribution < -0.4 is 35.6 Å². The molecule has 0 spiro atoms. The third-order valence-corrected chi connectivity index (χ3v) is 6.65. The van der Waals surface area contributed by atoms with Crippen molar-refractivity contribution < 1.29 is 23.8 Å². The number of amides is 2. The number of hydrogen-bond acceptors (Lipinski definition) is 8. The highest BCUT2D eigenvalue weighted by Gasteiger charge is 2.29. The summed E-state index contributed by atoms with van der Waals surface area (Å²) in [6.07, 6.45) is 4.37. The fraction of sp³-hybridized carbons (Fsp3) is 0.357. The van der Waals surface area contributed by atoms with Gasteiger partial charge in [0.2, 0.25) is 23.0 Å². The topological polar surface area (TPSA) is 133 Å². The van der Waals surface area contributed by atoms with Gasteiger partial charge in [0.05, 0.1) is 44.9 Å².